The Balaban J connectivity index is 1.85. The normalized spacial score (nSPS) is 12.5. The predicted molar refractivity (Wildman–Crippen MR) is 121 cm³/mol. The highest BCUT2D eigenvalue weighted by Gasteiger charge is 2.33. The molecule has 0 fully saturated rings. The van der Waals surface area contributed by atoms with Crippen LogP contribution in [0.3, 0.4) is 0 Å². The number of rotatable bonds is 5. The maximum atomic E-state index is 13.2. The largest absolute Gasteiger partial charge is 0.433 e. The van der Waals surface area contributed by atoms with Crippen LogP contribution in [0.1, 0.15) is 30.8 Å². The third-order valence-corrected chi connectivity index (χ3v) is 5.04. The summed E-state index contributed by atoms with van der Waals surface area (Å²) in [5.41, 5.74) is -2.97. The summed E-state index contributed by atoms with van der Waals surface area (Å²) in [4.78, 5) is 19.5. The van der Waals surface area contributed by atoms with Crippen molar-refractivity contribution >= 4 is 11.6 Å². The molecule has 13 heteroatoms. The molecule has 37 heavy (non-hydrogen) atoms. The van der Waals surface area contributed by atoms with Gasteiger partial charge in [0.05, 0.1) is 5.60 Å². The lowest BCUT2D eigenvalue weighted by Crippen LogP contribution is -2.15. The molecular weight excluding hydrogens is 502 g/mol. The molecule has 0 amide bonds. The molecule has 0 radical (unpaired) electrons. The number of halogens is 6. The lowest BCUT2D eigenvalue weighted by molar-refractivity contribution is -0.141. The Bertz CT molecular complexity index is 1360. The first-order valence-electron chi connectivity index (χ1n) is 10.6. The molecule has 0 aliphatic carbocycles. The van der Waals surface area contributed by atoms with Crippen LogP contribution in [0, 0.1) is 0 Å². The number of nitrogens with zero attached hydrogens (tertiary/aromatic N) is 5. The SMILES string of the molecule is CC(C)(O)c1cccc(-c2nc(Nc3ccnc(C(F)(F)F)c3)nc(-c3cccc(C(F)(F)F)n3)n2)c1. The molecule has 4 rings (SSSR count). The summed E-state index contributed by atoms with van der Waals surface area (Å²) in [6.45, 7) is 3.12. The number of alkyl halides is 6. The molecule has 0 saturated carbocycles. The van der Waals surface area contributed by atoms with Crippen LogP contribution in [0.2, 0.25) is 0 Å². The number of pyridine rings is 2. The van der Waals surface area contributed by atoms with Gasteiger partial charge in [0.1, 0.15) is 17.1 Å². The van der Waals surface area contributed by atoms with E-state index >= 15 is 0 Å². The highest BCUT2D eigenvalue weighted by atomic mass is 19.4. The van der Waals surface area contributed by atoms with Crippen molar-refractivity contribution in [1.29, 1.82) is 0 Å². The predicted octanol–water partition coefficient (Wildman–Crippen LogP) is 6.00. The van der Waals surface area contributed by atoms with E-state index in [4.69, 9.17) is 0 Å². The van der Waals surface area contributed by atoms with Crippen molar-refractivity contribution in [1.82, 2.24) is 24.9 Å². The summed E-state index contributed by atoms with van der Waals surface area (Å²) in [6, 6.07) is 11.6. The maximum Gasteiger partial charge on any atom is 0.433 e. The van der Waals surface area contributed by atoms with Crippen molar-refractivity contribution in [2.45, 2.75) is 31.8 Å². The first-order valence-corrected chi connectivity index (χ1v) is 10.6. The van der Waals surface area contributed by atoms with Crippen LogP contribution in [0.5, 0.6) is 0 Å². The minimum Gasteiger partial charge on any atom is -0.386 e. The molecular formula is C24H18F6N6O. The second kappa shape index (κ2) is 9.39. The van der Waals surface area contributed by atoms with Crippen LogP contribution in [-0.2, 0) is 18.0 Å². The van der Waals surface area contributed by atoms with Crippen molar-refractivity contribution in [2.75, 3.05) is 5.32 Å². The van der Waals surface area contributed by atoms with E-state index in [1.807, 2.05) is 0 Å². The molecule has 0 unspecified atom stereocenters. The zero-order valence-corrected chi connectivity index (χ0v) is 19.2. The average molecular weight is 520 g/mol. The van der Waals surface area contributed by atoms with Gasteiger partial charge in [-0.25, -0.2) is 9.97 Å². The Morgan fingerprint density at radius 3 is 2.08 bits per heavy atom. The molecule has 7 nitrogen and oxygen atoms in total. The second-order valence-electron chi connectivity index (χ2n) is 8.40. The minimum atomic E-state index is -4.72. The summed E-state index contributed by atoms with van der Waals surface area (Å²) in [7, 11) is 0. The van der Waals surface area contributed by atoms with Gasteiger partial charge in [-0.15, -0.1) is 0 Å². The first kappa shape index (κ1) is 25.9. The lowest BCUT2D eigenvalue weighted by Gasteiger charge is -2.18. The second-order valence-corrected chi connectivity index (χ2v) is 8.40. The number of anilines is 2. The van der Waals surface area contributed by atoms with Crippen molar-refractivity contribution in [3.05, 3.63) is 77.7 Å². The van der Waals surface area contributed by atoms with Crippen LogP contribution in [0.15, 0.2) is 60.8 Å². The Labute approximate surface area is 206 Å². The number of hydrogen-bond donors (Lipinski definition) is 2. The molecule has 3 heterocycles. The van der Waals surface area contributed by atoms with Crippen LogP contribution in [0.4, 0.5) is 38.0 Å². The van der Waals surface area contributed by atoms with E-state index in [9.17, 15) is 31.4 Å². The zero-order chi connectivity index (χ0) is 27.0. The lowest BCUT2D eigenvalue weighted by atomic mass is 9.96. The summed E-state index contributed by atoms with van der Waals surface area (Å²) >= 11 is 0. The van der Waals surface area contributed by atoms with Crippen LogP contribution >= 0.6 is 0 Å². The molecule has 0 spiro atoms. The van der Waals surface area contributed by atoms with Gasteiger partial charge in [-0.3, -0.25) is 4.98 Å². The molecule has 0 saturated heterocycles. The van der Waals surface area contributed by atoms with Crippen molar-refractivity contribution in [2.24, 2.45) is 0 Å². The maximum absolute atomic E-state index is 13.2. The number of benzene rings is 1. The highest BCUT2D eigenvalue weighted by molar-refractivity contribution is 5.64. The van der Waals surface area contributed by atoms with Crippen LogP contribution in [0.25, 0.3) is 22.9 Å². The highest BCUT2D eigenvalue weighted by Crippen LogP contribution is 2.32. The summed E-state index contributed by atoms with van der Waals surface area (Å²) < 4.78 is 79.0. The van der Waals surface area contributed by atoms with Gasteiger partial charge >= 0.3 is 12.4 Å². The fourth-order valence-electron chi connectivity index (χ4n) is 3.22. The standard InChI is InChI=1S/C24H18F6N6O/c1-22(2,37)14-6-3-5-13(11-14)19-34-20(16-7-4-8-17(33-16)23(25,26)27)36-21(35-19)32-15-9-10-31-18(12-15)24(28,29)30/h3-12,37H,1-2H3,(H,31,32,34,35,36). The van der Waals surface area contributed by atoms with Gasteiger partial charge in [0.15, 0.2) is 11.6 Å². The molecule has 0 bridgehead atoms. The van der Waals surface area contributed by atoms with E-state index in [-0.39, 0.29) is 29.0 Å². The van der Waals surface area contributed by atoms with E-state index < -0.39 is 29.3 Å². The Morgan fingerprint density at radius 2 is 1.41 bits per heavy atom. The van der Waals surface area contributed by atoms with Gasteiger partial charge in [0, 0.05) is 17.4 Å². The van der Waals surface area contributed by atoms with E-state index in [1.165, 1.54) is 12.1 Å². The number of aromatic nitrogens is 5. The Kier molecular flexibility index (Phi) is 6.59. The van der Waals surface area contributed by atoms with Crippen molar-refractivity contribution in [3.63, 3.8) is 0 Å². The van der Waals surface area contributed by atoms with Gasteiger partial charge < -0.3 is 10.4 Å². The first-order chi connectivity index (χ1) is 17.2. The fraction of sp³-hybridized carbons (Fsp3) is 0.208. The number of nitrogens with one attached hydrogen (secondary N) is 1. The zero-order valence-electron chi connectivity index (χ0n) is 19.2. The monoisotopic (exact) mass is 520 g/mol. The molecule has 3 aromatic heterocycles. The van der Waals surface area contributed by atoms with Gasteiger partial charge in [-0.1, -0.05) is 24.3 Å². The van der Waals surface area contributed by atoms with E-state index in [2.05, 4.69) is 30.2 Å². The molecule has 0 atom stereocenters. The summed E-state index contributed by atoms with van der Waals surface area (Å²) in [6.07, 6.45) is -8.49. The van der Waals surface area contributed by atoms with Crippen LogP contribution in [-0.4, -0.2) is 30.0 Å². The summed E-state index contributed by atoms with van der Waals surface area (Å²) in [5.74, 6) is -0.507. The van der Waals surface area contributed by atoms with E-state index in [0.717, 1.165) is 24.4 Å². The van der Waals surface area contributed by atoms with Gasteiger partial charge in [0.25, 0.3) is 0 Å². The average Bonchev–Trinajstić information content (AvgIpc) is 2.83. The van der Waals surface area contributed by atoms with Crippen molar-refractivity contribution < 1.29 is 31.4 Å². The van der Waals surface area contributed by atoms with Crippen molar-refractivity contribution in [3.8, 4) is 22.9 Å². The van der Waals surface area contributed by atoms with E-state index in [1.54, 1.807) is 38.1 Å². The molecule has 0 aliphatic heterocycles. The van der Waals surface area contributed by atoms with Gasteiger partial charge in [-0.2, -0.15) is 36.3 Å². The minimum absolute atomic E-state index is 0.0112. The molecule has 0 aliphatic rings. The Morgan fingerprint density at radius 1 is 0.730 bits per heavy atom. The van der Waals surface area contributed by atoms with Gasteiger partial charge in [-0.05, 0) is 49.7 Å². The summed E-state index contributed by atoms with van der Waals surface area (Å²) in [5, 5.41) is 13.0. The third kappa shape index (κ3) is 6.17. The number of hydrogen-bond acceptors (Lipinski definition) is 7. The molecule has 1 aromatic carbocycles. The topological polar surface area (TPSA) is 96.7 Å². The third-order valence-electron chi connectivity index (χ3n) is 5.04. The number of aliphatic hydroxyl groups is 1. The van der Waals surface area contributed by atoms with Crippen LogP contribution < -0.4 is 5.32 Å². The molecule has 2 N–H and O–H groups in total. The molecule has 192 valence electrons. The van der Waals surface area contributed by atoms with E-state index in [0.29, 0.717) is 11.1 Å². The Hall–Kier alpha value is -4.13. The smallest absolute Gasteiger partial charge is 0.386 e. The fourth-order valence-corrected chi connectivity index (χ4v) is 3.22. The molecule has 4 aromatic rings. The van der Waals surface area contributed by atoms with Gasteiger partial charge in [0.2, 0.25) is 5.95 Å². The quantitative estimate of drug-likeness (QED) is 0.312.